The standard InChI is InChI=1S/C8H10OS/c1-6-2-4-7(5-3-6)8(9)10/h2-5,8-10H,1H3. The number of aryl methyl sites for hydroxylation is 1. The lowest BCUT2D eigenvalue weighted by atomic mass is 10.2. The predicted octanol–water partition coefficient (Wildman–Crippen LogP) is 1.92. The van der Waals surface area contributed by atoms with Gasteiger partial charge in [0, 0.05) is 0 Å². The first-order valence-electron chi connectivity index (χ1n) is 3.13. The lowest BCUT2D eigenvalue weighted by molar-refractivity contribution is 0.272. The molecule has 0 aromatic heterocycles. The van der Waals surface area contributed by atoms with Crippen molar-refractivity contribution < 1.29 is 5.11 Å². The van der Waals surface area contributed by atoms with E-state index in [9.17, 15) is 0 Å². The van der Waals surface area contributed by atoms with Gasteiger partial charge in [-0.25, -0.2) is 0 Å². The van der Waals surface area contributed by atoms with Gasteiger partial charge in [-0.2, -0.15) is 0 Å². The average molecular weight is 154 g/mol. The Bertz CT molecular complexity index is 203. The molecule has 1 aromatic carbocycles. The molecular formula is C8H10OS. The van der Waals surface area contributed by atoms with Crippen LogP contribution in [0.25, 0.3) is 0 Å². The van der Waals surface area contributed by atoms with Gasteiger partial charge in [0.05, 0.1) is 0 Å². The second-order valence-electron chi connectivity index (χ2n) is 2.28. The highest BCUT2D eigenvalue weighted by molar-refractivity contribution is 7.80. The molecular weight excluding hydrogens is 144 g/mol. The van der Waals surface area contributed by atoms with E-state index in [2.05, 4.69) is 12.6 Å². The van der Waals surface area contributed by atoms with Crippen LogP contribution in [0.5, 0.6) is 0 Å². The Balaban J connectivity index is 2.89. The van der Waals surface area contributed by atoms with E-state index < -0.39 is 5.44 Å². The zero-order valence-electron chi connectivity index (χ0n) is 5.78. The molecule has 0 aliphatic rings. The van der Waals surface area contributed by atoms with E-state index in [0.717, 1.165) is 5.56 Å². The lowest BCUT2D eigenvalue weighted by Gasteiger charge is -2.02. The van der Waals surface area contributed by atoms with E-state index in [1.54, 1.807) is 0 Å². The van der Waals surface area contributed by atoms with Crippen molar-refractivity contribution in [2.75, 3.05) is 0 Å². The van der Waals surface area contributed by atoms with Crippen molar-refractivity contribution in [3.05, 3.63) is 35.4 Å². The molecule has 0 aliphatic carbocycles. The summed E-state index contributed by atoms with van der Waals surface area (Å²) in [6.45, 7) is 2.01. The Labute approximate surface area is 66.1 Å². The molecule has 0 aliphatic heterocycles. The summed E-state index contributed by atoms with van der Waals surface area (Å²) in [7, 11) is 0. The maximum absolute atomic E-state index is 8.98. The van der Waals surface area contributed by atoms with Crippen molar-refractivity contribution in [1.82, 2.24) is 0 Å². The van der Waals surface area contributed by atoms with Crippen LogP contribution in [0.2, 0.25) is 0 Å². The minimum atomic E-state index is -0.652. The third-order valence-electron chi connectivity index (χ3n) is 1.38. The summed E-state index contributed by atoms with van der Waals surface area (Å²) in [6.07, 6.45) is 0. The minimum absolute atomic E-state index is 0.652. The smallest absolute Gasteiger partial charge is 0.122 e. The normalized spacial score (nSPS) is 13.1. The minimum Gasteiger partial charge on any atom is -0.378 e. The second-order valence-corrected chi connectivity index (χ2v) is 2.77. The zero-order valence-corrected chi connectivity index (χ0v) is 6.68. The highest BCUT2D eigenvalue weighted by atomic mass is 32.1. The molecule has 0 bridgehead atoms. The molecule has 1 unspecified atom stereocenters. The van der Waals surface area contributed by atoms with Gasteiger partial charge in [0.2, 0.25) is 0 Å². The van der Waals surface area contributed by atoms with Gasteiger partial charge in [0.1, 0.15) is 5.44 Å². The van der Waals surface area contributed by atoms with Crippen molar-refractivity contribution in [3.63, 3.8) is 0 Å². The molecule has 1 N–H and O–H groups in total. The molecule has 0 spiro atoms. The fourth-order valence-corrected chi connectivity index (χ4v) is 0.911. The van der Waals surface area contributed by atoms with Gasteiger partial charge in [-0.05, 0) is 12.5 Å². The second kappa shape index (κ2) is 3.08. The van der Waals surface area contributed by atoms with E-state index in [1.807, 2.05) is 31.2 Å². The molecule has 1 rings (SSSR count). The van der Waals surface area contributed by atoms with Gasteiger partial charge in [-0.3, -0.25) is 0 Å². The van der Waals surface area contributed by atoms with Gasteiger partial charge >= 0.3 is 0 Å². The molecule has 10 heavy (non-hydrogen) atoms. The van der Waals surface area contributed by atoms with Crippen LogP contribution in [0.3, 0.4) is 0 Å². The van der Waals surface area contributed by atoms with E-state index in [4.69, 9.17) is 5.11 Å². The largest absolute Gasteiger partial charge is 0.378 e. The number of hydrogen-bond acceptors (Lipinski definition) is 2. The summed E-state index contributed by atoms with van der Waals surface area (Å²) >= 11 is 3.88. The Morgan fingerprint density at radius 2 is 1.80 bits per heavy atom. The topological polar surface area (TPSA) is 20.2 Å². The zero-order chi connectivity index (χ0) is 7.56. The van der Waals surface area contributed by atoms with Crippen LogP contribution >= 0.6 is 12.6 Å². The number of aliphatic hydroxyl groups excluding tert-OH is 1. The predicted molar refractivity (Wildman–Crippen MR) is 45.1 cm³/mol. The van der Waals surface area contributed by atoms with Crippen LogP contribution in [0.4, 0.5) is 0 Å². The number of hydrogen-bond donors (Lipinski definition) is 2. The third-order valence-corrected chi connectivity index (χ3v) is 1.67. The molecule has 2 heteroatoms. The Hall–Kier alpha value is -0.470. The van der Waals surface area contributed by atoms with Gasteiger partial charge < -0.3 is 5.11 Å². The Morgan fingerprint density at radius 1 is 1.30 bits per heavy atom. The van der Waals surface area contributed by atoms with E-state index in [0.29, 0.717) is 0 Å². The van der Waals surface area contributed by atoms with Crippen LogP contribution in [-0.4, -0.2) is 5.11 Å². The molecule has 1 nitrogen and oxygen atoms in total. The highest BCUT2D eigenvalue weighted by Gasteiger charge is 1.97. The third kappa shape index (κ3) is 1.75. The van der Waals surface area contributed by atoms with Crippen LogP contribution in [-0.2, 0) is 0 Å². The molecule has 0 amide bonds. The van der Waals surface area contributed by atoms with Crippen LogP contribution in [0.1, 0.15) is 16.6 Å². The summed E-state index contributed by atoms with van der Waals surface area (Å²) in [5.74, 6) is 0. The Morgan fingerprint density at radius 3 is 2.20 bits per heavy atom. The van der Waals surface area contributed by atoms with Crippen LogP contribution in [0, 0.1) is 6.92 Å². The molecule has 1 atom stereocenters. The molecule has 0 fully saturated rings. The molecule has 0 heterocycles. The first kappa shape index (κ1) is 7.63. The fourth-order valence-electron chi connectivity index (χ4n) is 0.739. The highest BCUT2D eigenvalue weighted by Crippen LogP contribution is 2.15. The molecule has 0 saturated carbocycles. The van der Waals surface area contributed by atoms with Crippen molar-refractivity contribution in [3.8, 4) is 0 Å². The molecule has 54 valence electrons. The quantitative estimate of drug-likeness (QED) is 0.467. The monoisotopic (exact) mass is 154 g/mol. The first-order chi connectivity index (χ1) is 4.70. The summed E-state index contributed by atoms with van der Waals surface area (Å²) < 4.78 is 0. The van der Waals surface area contributed by atoms with Crippen molar-refractivity contribution in [1.29, 1.82) is 0 Å². The van der Waals surface area contributed by atoms with Crippen molar-refractivity contribution in [2.45, 2.75) is 12.4 Å². The molecule has 0 radical (unpaired) electrons. The van der Waals surface area contributed by atoms with Gasteiger partial charge in [0.25, 0.3) is 0 Å². The first-order valence-corrected chi connectivity index (χ1v) is 3.64. The number of benzene rings is 1. The molecule has 1 aromatic rings. The van der Waals surface area contributed by atoms with Crippen molar-refractivity contribution >= 4 is 12.6 Å². The summed E-state index contributed by atoms with van der Waals surface area (Å²) in [5, 5.41) is 8.98. The Kier molecular flexibility index (Phi) is 2.35. The summed E-state index contributed by atoms with van der Waals surface area (Å²) in [5.41, 5.74) is 1.38. The van der Waals surface area contributed by atoms with Gasteiger partial charge in [0.15, 0.2) is 0 Å². The number of rotatable bonds is 1. The number of aliphatic hydroxyl groups is 1. The fraction of sp³-hybridized carbons (Fsp3) is 0.250. The summed E-state index contributed by atoms with van der Waals surface area (Å²) in [4.78, 5) is 0. The maximum Gasteiger partial charge on any atom is 0.122 e. The SMILES string of the molecule is Cc1ccc(C(O)S)cc1. The maximum atomic E-state index is 8.98. The van der Waals surface area contributed by atoms with E-state index in [1.165, 1.54) is 5.56 Å². The van der Waals surface area contributed by atoms with Crippen LogP contribution < -0.4 is 0 Å². The number of thiol groups is 1. The molecule has 0 saturated heterocycles. The average Bonchev–Trinajstić information content (AvgIpc) is 1.88. The van der Waals surface area contributed by atoms with E-state index >= 15 is 0 Å². The van der Waals surface area contributed by atoms with Gasteiger partial charge in [-0.1, -0.05) is 29.8 Å². The van der Waals surface area contributed by atoms with Crippen molar-refractivity contribution in [2.24, 2.45) is 0 Å². The van der Waals surface area contributed by atoms with Crippen LogP contribution in [0.15, 0.2) is 24.3 Å². The van der Waals surface area contributed by atoms with Gasteiger partial charge in [-0.15, -0.1) is 12.6 Å². The van der Waals surface area contributed by atoms with E-state index in [-0.39, 0.29) is 0 Å². The summed E-state index contributed by atoms with van der Waals surface area (Å²) in [6, 6.07) is 7.64. The lowest BCUT2D eigenvalue weighted by Crippen LogP contribution is -1.86.